The number of primary amides is 1. The number of nitrogens with zero attached hydrogens (tertiary/aromatic N) is 3. The van der Waals surface area contributed by atoms with E-state index in [4.69, 9.17) is 5.73 Å². The molecule has 0 radical (unpaired) electrons. The Morgan fingerprint density at radius 2 is 2.19 bits per heavy atom. The fraction of sp³-hybridized carbons (Fsp3) is 0.688. The minimum Gasteiger partial charge on any atom is -0.364 e. The van der Waals surface area contributed by atoms with E-state index in [1.54, 1.807) is 6.07 Å². The zero-order valence-electron chi connectivity index (χ0n) is 13.1. The first kappa shape index (κ1) is 15.9. The van der Waals surface area contributed by atoms with E-state index < -0.39 is 5.91 Å². The lowest BCUT2D eigenvalue weighted by molar-refractivity contribution is 0.0995. The van der Waals surface area contributed by atoms with Crippen LogP contribution < -0.4 is 5.73 Å². The highest BCUT2D eigenvalue weighted by atomic mass is 16.1. The number of likely N-dealkylation sites (tertiary alicyclic amines) is 1. The number of nitrogens with two attached hydrogens (primary N) is 1. The monoisotopic (exact) mass is 290 g/mol. The molecule has 1 aliphatic rings. The van der Waals surface area contributed by atoms with E-state index in [1.807, 2.05) is 0 Å². The zero-order chi connectivity index (χ0) is 15.2. The highest BCUT2D eigenvalue weighted by Gasteiger charge is 2.18. The van der Waals surface area contributed by atoms with Crippen LogP contribution in [0.15, 0.2) is 12.4 Å². The maximum atomic E-state index is 11.2. The molecule has 0 saturated carbocycles. The number of carbonyl (C=O) groups is 1. The number of amides is 1. The summed E-state index contributed by atoms with van der Waals surface area (Å²) < 4.78 is 0. The van der Waals surface area contributed by atoms with Crippen molar-refractivity contribution in [3.63, 3.8) is 0 Å². The van der Waals surface area contributed by atoms with E-state index in [2.05, 4.69) is 28.7 Å². The maximum absolute atomic E-state index is 11.2. The largest absolute Gasteiger partial charge is 0.364 e. The Kier molecular flexibility index (Phi) is 5.67. The van der Waals surface area contributed by atoms with Crippen LogP contribution in [0.1, 0.15) is 49.3 Å². The molecule has 0 aliphatic carbocycles. The van der Waals surface area contributed by atoms with Gasteiger partial charge in [-0.05, 0) is 56.7 Å². The molecule has 1 aromatic rings. The second-order valence-electron chi connectivity index (χ2n) is 6.45. The summed E-state index contributed by atoms with van der Waals surface area (Å²) in [6, 6.07) is 1.74. The van der Waals surface area contributed by atoms with Gasteiger partial charge in [0.15, 0.2) is 0 Å². The summed E-state index contributed by atoms with van der Waals surface area (Å²) in [7, 11) is 0. The van der Waals surface area contributed by atoms with Crippen molar-refractivity contribution in [3.8, 4) is 0 Å². The van der Waals surface area contributed by atoms with Gasteiger partial charge in [0, 0.05) is 12.2 Å². The predicted molar refractivity (Wildman–Crippen MR) is 82.9 cm³/mol. The summed E-state index contributed by atoms with van der Waals surface area (Å²) in [5, 5.41) is 0. The molecule has 1 aliphatic heterocycles. The average Bonchev–Trinajstić information content (AvgIpc) is 2.64. The van der Waals surface area contributed by atoms with Crippen LogP contribution in [0.25, 0.3) is 0 Å². The van der Waals surface area contributed by atoms with Crippen molar-refractivity contribution in [1.82, 2.24) is 14.9 Å². The average molecular weight is 290 g/mol. The molecule has 21 heavy (non-hydrogen) atoms. The van der Waals surface area contributed by atoms with Gasteiger partial charge in [-0.3, -0.25) is 4.79 Å². The standard InChI is InChI=1S/C16H26N4O/c1-12(2)10-20-6-3-4-13(5-7-20)8-14-9-15(16(17)21)19-11-18-14/h9,11-13H,3-8,10H2,1-2H3,(H2,17,21). The summed E-state index contributed by atoms with van der Waals surface area (Å²) in [4.78, 5) is 21.9. The molecule has 1 saturated heterocycles. The maximum Gasteiger partial charge on any atom is 0.267 e. The smallest absolute Gasteiger partial charge is 0.267 e. The Balaban J connectivity index is 1.91. The molecule has 0 bridgehead atoms. The van der Waals surface area contributed by atoms with Gasteiger partial charge < -0.3 is 10.6 Å². The van der Waals surface area contributed by atoms with Crippen molar-refractivity contribution in [2.24, 2.45) is 17.6 Å². The van der Waals surface area contributed by atoms with Crippen LogP contribution in [0.3, 0.4) is 0 Å². The molecule has 1 fully saturated rings. The van der Waals surface area contributed by atoms with Crippen LogP contribution >= 0.6 is 0 Å². The Hall–Kier alpha value is -1.49. The van der Waals surface area contributed by atoms with Gasteiger partial charge in [0.05, 0.1) is 0 Å². The molecule has 1 amide bonds. The third-order valence-corrected chi connectivity index (χ3v) is 4.04. The molecule has 1 unspecified atom stereocenters. The first-order valence-electron chi connectivity index (χ1n) is 7.87. The van der Waals surface area contributed by atoms with Crippen LogP contribution in [0, 0.1) is 11.8 Å². The van der Waals surface area contributed by atoms with E-state index in [9.17, 15) is 4.79 Å². The fourth-order valence-electron chi connectivity index (χ4n) is 3.07. The van der Waals surface area contributed by atoms with Crippen molar-refractivity contribution < 1.29 is 4.79 Å². The number of rotatable bonds is 5. The summed E-state index contributed by atoms with van der Waals surface area (Å²) in [5.74, 6) is 0.877. The number of hydrogen-bond acceptors (Lipinski definition) is 4. The summed E-state index contributed by atoms with van der Waals surface area (Å²) in [6.07, 6.45) is 6.02. The Morgan fingerprint density at radius 3 is 2.90 bits per heavy atom. The lowest BCUT2D eigenvalue weighted by atomic mass is 9.95. The lowest BCUT2D eigenvalue weighted by Gasteiger charge is -2.22. The van der Waals surface area contributed by atoms with Crippen LogP contribution in [0.2, 0.25) is 0 Å². The topological polar surface area (TPSA) is 72.1 Å². The summed E-state index contributed by atoms with van der Waals surface area (Å²) >= 11 is 0. The fourth-order valence-corrected chi connectivity index (χ4v) is 3.07. The molecule has 2 heterocycles. The molecule has 5 nitrogen and oxygen atoms in total. The minimum atomic E-state index is -0.484. The highest BCUT2D eigenvalue weighted by Crippen LogP contribution is 2.21. The van der Waals surface area contributed by atoms with Crippen molar-refractivity contribution in [2.75, 3.05) is 19.6 Å². The predicted octanol–water partition coefficient (Wildman–Crippen LogP) is 1.88. The van der Waals surface area contributed by atoms with Crippen molar-refractivity contribution >= 4 is 5.91 Å². The third-order valence-electron chi connectivity index (χ3n) is 4.04. The molecule has 2 rings (SSSR count). The van der Waals surface area contributed by atoms with Gasteiger partial charge in [-0.15, -0.1) is 0 Å². The van der Waals surface area contributed by atoms with Crippen molar-refractivity contribution in [1.29, 1.82) is 0 Å². The SMILES string of the molecule is CC(C)CN1CCCC(Cc2cc(C(N)=O)ncn2)CC1. The lowest BCUT2D eigenvalue weighted by Crippen LogP contribution is -2.28. The molecule has 116 valence electrons. The van der Waals surface area contributed by atoms with Crippen LogP contribution in [0.4, 0.5) is 0 Å². The van der Waals surface area contributed by atoms with Gasteiger partial charge in [-0.2, -0.15) is 0 Å². The van der Waals surface area contributed by atoms with E-state index in [0.717, 1.165) is 24.6 Å². The van der Waals surface area contributed by atoms with Gasteiger partial charge in [0.25, 0.3) is 5.91 Å². The van der Waals surface area contributed by atoms with Gasteiger partial charge >= 0.3 is 0 Å². The van der Waals surface area contributed by atoms with Crippen molar-refractivity contribution in [3.05, 3.63) is 23.8 Å². The molecular weight excluding hydrogens is 264 g/mol. The molecule has 0 spiro atoms. The molecule has 5 heteroatoms. The quantitative estimate of drug-likeness (QED) is 0.898. The second-order valence-corrected chi connectivity index (χ2v) is 6.45. The van der Waals surface area contributed by atoms with Gasteiger partial charge in [0.2, 0.25) is 0 Å². The molecule has 1 aromatic heterocycles. The normalized spacial score (nSPS) is 20.4. The molecule has 0 aromatic carbocycles. The Bertz CT molecular complexity index is 475. The van der Waals surface area contributed by atoms with Crippen LogP contribution in [0.5, 0.6) is 0 Å². The van der Waals surface area contributed by atoms with Gasteiger partial charge in [-0.25, -0.2) is 9.97 Å². The Labute approximate surface area is 127 Å². The number of aromatic nitrogens is 2. The second kappa shape index (κ2) is 7.50. The van der Waals surface area contributed by atoms with E-state index in [-0.39, 0.29) is 0 Å². The number of carbonyl (C=O) groups excluding carboxylic acids is 1. The number of hydrogen-bond donors (Lipinski definition) is 1. The molecule has 1 atom stereocenters. The van der Waals surface area contributed by atoms with E-state index in [0.29, 0.717) is 11.6 Å². The summed E-state index contributed by atoms with van der Waals surface area (Å²) in [6.45, 7) is 8.09. The van der Waals surface area contributed by atoms with Crippen molar-refractivity contribution in [2.45, 2.75) is 39.5 Å². The minimum absolute atomic E-state index is 0.315. The first-order valence-corrected chi connectivity index (χ1v) is 7.87. The Morgan fingerprint density at radius 1 is 1.38 bits per heavy atom. The van der Waals surface area contributed by atoms with Crippen LogP contribution in [-0.4, -0.2) is 40.4 Å². The highest BCUT2D eigenvalue weighted by molar-refractivity contribution is 5.90. The van der Waals surface area contributed by atoms with Crippen LogP contribution in [-0.2, 0) is 6.42 Å². The van der Waals surface area contributed by atoms with Gasteiger partial charge in [0.1, 0.15) is 12.0 Å². The van der Waals surface area contributed by atoms with E-state index in [1.165, 1.54) is 38.7 Å². The first-order chi connectivity index (χ1) is 10.0. The molecule has 2 N–H and O–H groups in total. The zero-order valence-corrected chi connectivity index (χ0v) is 13.1. The third kappa shape index (κ3) is 5.08. The van der Waals surface area contributed by atoms with Gasteiger partial charge in [-0.1, -0.05) is 13.8 Å². The summed E-state index contributed by atoms with van der Waals surface area (Å²) in [5.41, 5.74) is 6.52. The molecular formula is C16H26N4O. The van der Waals surface area contributed by atoms with E-state index >= 15 is 0 Å².